The number of carbonyl (C=O) groups is 5. The highest BCUT2D eigenvalue weighted by molar-refractivity contribution is 7.08. The molecule has 2 aromatic heterocycles. The van der Waals surface area contributed by atoms with E-state index in [9.17, 15) is 29.1 Å². The molecule has 0 radical (unpaired) electrons. The Kier molecular flexibility index (Phi) is 10.1. The molecule has 7 rings (SSSR count). The molecular formula is C36H44N6O6S2. The fourth-order valence-corrected chi connectivity index (χ4v) is 9.52. The first-order valence-corrected chi connectivity index (χ1v) is 19.6. The van der Waals surface area contributed by atoms with Gasteiger partial charge in [0.25, 0.3) is 5.91 Å². The van der Waals surface area contributed by atoms with Crippen LogP contribution in [0.1, 0.15) is 93.6 Å². The minimum absolute atomic E-state index is 0.0191. The molecular weight excluding hydrogens is 677 g/mol. The molecule has 5 heterocycles. The van der Waals surface area contributed by atoms with E-state index in [1.807, 2.05) is 45.8 Å². The van der Waals surface area contributed by atoms with Crippen molar-refractivity contribution < 1.29 is 29.1 Å². The topological polar surface area (TPSA) is 161 Å². The molecule has 5 aliphatic rings. The Balaban J connectivity index is 1.18. The van der Waals surface area contributed by atoms with Gasteiger partial charge >= 0.3 is 12.0 Å². The number of nitrogens with zero attached hydrogens (tertiary/aromatic N) is 3. The predicted molar refractivity (Wildman–Crippen MR) is 190 cm³/mol. The third-order valence-corrected chi connectivity index (χ3v) is 12.4. The van der Waals surface area contributed by atoms with Crippen LogP contribution in [0.25, 0.3) is 0 Å². The van der Waals surface area contributed by atoms with Crippen LogP contribution in [0.2, 0.25) is 0 Å². The molecule has 2 unspecified atom stereocenters. The van der Waals surface area contributed by atoms with Gasteiger partial charge < -0.3 is 26.0 Å². The van der Waals surface area contributed by atoms with Gasteiger partial charge in [0.15, 0.2) is 0 Å². The van der Waals surface area contributed by atoms with Gasteiger partial charge in [-0.2, -0.15) is 27.8 Å². The van der Waals surface area contributed by atoms with Gasteiger partial charge in [-0.15, -0.1) is 0 Å². The number of hydrazone groups is 1. The first kappa shape index (κ1) is 34.4. The highest BCUT2D eigenvalue weighted by Crippen LogP contribution is 2.46. The van der Waals surface area contributed by atoms with Gasteiger partial charge in [-0.3, -0.25) is 14.4 Å². The molecule has 0 spiro atoms. The lowest BCUT2D eigenvalue weighted by Gasteiger charge is -2.35. The lowest BCUT2D eigenvalue weighted by Crippen LogP contribution is -2.57. The summed E-state index contributed by atoms with van der Waals surface area (Å²) in [5, 5.41) is 32.9. The van der Waals surface area contributed by atoms with Gasteiger partial charge in [0.05, 0.1) is 12.0 Å². The van der Waals surface area contributed by atoms with E-state index in [-0.39, 0.29) is 43.2 Å². The van der Waals surface area contributed by atoms with E-state index in [0.29, 0.717) is 12.8 Å². The van der Waals surface area contributed by atoms with E-state index in [4.69, 9.17) is 0 Å². The van der Waals surface area contributed by atoms with E-state index >= 15 is 0 Å². The first-order chi connectivity index (χ1) is 24.2. The van der Waals surface area contributed by atoms with E-state index in [0.717, 1.165) is 56.1 Å². The van der Waals surface area contributed by atoms with Crippen molar-refractivity contribution in [2.24, 2.45) is 11.0 Å². The normalized spacial score (nSPS) is 32.8. The number of fused-ring (bicyclic) bond motifs is 2. The van der Waals surface area contributed by atoms with Gasteiger partial charge in [-0.05, 0) is 83.3 Å². The van der Waals surface area contributed by atoms with Gasteiger partial charge in [0.1, 0.15) is 17.6 Å². The fraction of sp³-hybridized carbons (Fsp3) is 0.556. The van der Waals surface area contributed by atoms with Crippen LogP contribution in [-0.2, 0) is 19.2 Å². The van der Waals surface area contributed by atoms with Crippen molar-refractivity contribution >= 4 is 58.6 Å². The van der Waals surface area contributed by atoms with Gasteiger partial charge in [-0.25, -0.2) is 14.6 Å². The second-order valence-electron chi connectivity index (χ2n) is 14.3. The summed E-state index contributed by atoms with van der Waals surface area (Å²) >= 11 is 3.06. The van der Waals surface area contributed by atoms with Crippen LogP contribution in [0.3, 0.4) is 0 Å². The number of rotatable bonds is 6. The molecule has 4 N–H and O–H groups in total. The van der Waals surface area contributed by atoms with Gasteiger partial charge in [0, 0.05) is 37.1 Å². The van der Waals surface area contributed by atoms with Crippen LogP contribution in [0, 0.1) is 5.92 Å². The summed E-state index contributed by atoms with van der Waals surface area (Å²) in [6.45, 7) is 0.0191. The Labute approximate surface area is 299 Å². The Morgan fingerprint density at radius 2 is 1.68 bits per heavy atom. The average Bonchev–Trinajstić information content (AvgIpc) is 3.77. The number of hydrogen-bond donors (Lipinski definition) is 4. The van der Waals surface area contributed by atoms with Crippen LogP contribution in [0.15, 0.2) is 50.9 Å². The summed E-state index contributed by atoms with van der Waals surface area (Å²) in [5.41, 5.74) is 0.423. The fourth-order valence-electron chi connectivity index (χ4n) is 8.11. The molecule has 2 aliphatic carbocycles. The summed E-state index contributed by atoms with van der Waals surface area (Å²) in [6.07, 6.45) is 13.4. The third kappa shape index (κ3) is 6.96. The molecule has 14 heteroatoms. The maximum atomic E-state index is 14.5. The molecule has 5 amide bonds. The van der Waals surface area contributed by atoms with Gasteiger partial charge in [-0.1, -0.05) is 37.8 Å². The highest BCUT2D eigenvalue weighted by atomic mass is 32.1. The van der Waals surface area contributed by atoms with Crippen molar-refractivity contribution in [2.45, 2.75) is 112 Å². The minimum Gasteiger partial charge on any atom is -0.479 e. The summed E-state index contributed by atoms with van der Waals surface area (Å²) in [6, 6.07) is 1.00. The molecule has 7 atom stereocenters. The smallest absolute Gasteiger partial charge is 0.330 e. The van der Waals surface area contributed by atoms with Crippen LogP contribution in [0.5, 0.6) is 0 Å². The van der Waals surface area contributed by atoms with Crippen molar-refractivity contribution in [3.05, 3.63) is 56.9 Å². The van der Waals surface area contributed by atoms with Crippen molar-refractivity contribution in [1.29, 1.82) is 0 Å². The van der Waals surface area contributed by atoms with E-state index < -0.39 is 53.4 Å². The second kappa shape index (κ2) is 14.7. The number of urea groups is 1. The molecule has 2 saturated carbocycles. The maximum absolute atomic E-state index is 14.5. The van der Waals surface area contributed by atoms with Gasteiger partial charge in [0.2, 0.25) is 11.8 Å². The molecule has 266 valence electrons. The number of carboxylic acids is 1. The Morgan fingerprint density at radius 1 is 0.940 bits per heavy atom. The number of thiophene rings is 2. The minimum atomic E-state index is -1.45. The zero-order valence-corrected chi connectivity index (χ0v) is 29.5. The molecule has 2 aromatic rings. The van der Waals surface area contributed by atoms with Crippen LogP contribution in [0.4, 0.5) is 4.79 Å². The van der Waals surface area contributed by atoms with Crippen molar-refractivity contribution in [1.82, 2.24) is 25.9 Å². The number of aliphatic carboxylic acids is 1. The van der Waals surface area contributed by atoms with Crippen molar-refractivity contribution in [3.8, 4) is 0 Å². The molecule has 0 bridgehead atoms. The van der Waals surface area contributed by atoms with E-state index in [2.05, 4.69) is 21.1 Å². The lowest BCUT2D eigenvalue weighted by atomic mass is 9.82. The molecule has 12 nitrogen and oxygen atoms in total. The van der Waals surface area contributed by atoms with Crippen molar-refractivity contribution in [2.75, 3.05) is 6.54 Å². The molecule has 1 saturated heterocycles. The highest BCUT2D eigenvalue weighted by Gasteiger charge is 2.61. The summed E-state index contributed by atoms with van der Waals surface area (Å²) < 4.78 is 0. The van der Waals surface area contributed by atoms with Crippen LogP contribution < -0.4 is 16.0 Å². The number of amides is 5. The first-order valence-electron chi connectivity index (χ1n) is 17.8. The summed E-state index contributed by atoms with van der Waals surface area (Å²) in [4.78, 5) is 70.1. The lowest BCUT2D eigenvalue weighted by molar-refractivity contribution is -0.145. The molecule has 3 aliphatic heterocycles. The van der Waals surface area contributed by atoms with E-state index in [1.165, 1.54) is 21.2 Å². The van der Waals surface area contributed by atoms with E-state index in [1.54, 1.807) is 17.6 Å². The maximum Gasteiger partial charge on any atom is 0.330 e. The SMILES string of the molecule is O=C(NC1CCCC1)N[C@@H]1CCCCC/C=C\[C@H]2C[C@]2(C(=O)O)NC(=O)C2C[C@H](N3N=C[C@H](c4ccsc4)C(c4ccsc4)C3=O)CN2C1=O. The number of hydrogen-bond acceptors (Lipinski definition) is 8. The number of allylic oxidation sites excluding steroid dienone is 1. The van der Waals surface area contributed by atoms with Crippen LogP contribution in [-0.4, -0.2) is 87.2 Å². The average molecular weight is 721 g/mol. The summed E-state index contributed by atoms with van der Waals surface area (Å²) in [5.74, 6) is -3.48. The standard InChI is InChI=1S/C36H44N6O6S2/c43-31-29-16-26(42-33(45)30(23-13-15-50-21-23)27(18-37-42)22-12-14-49-20-22)19-41(29)32(44)28(39-35(48)38-25-9-6-7-10-25)11-5-3-1-2-4-8-24-17-36(24,40-31)34(46)47/h4,8,12-15,18,20-21,24-30H,1-3,5-7,9-11,16-17,19H2,(H,40,43)(H,46,47)(H2,38,39,48)/b8-4-/t24-,26-,27+,28+,29?,30?,36-/m0/s1. The summed E-state index contributed by atoms with van der Waals surface area (Å²) in [7, 11) is 0. The molecule has 50 heavy (non-hydrogen) atoms. The predicted octanol–water partition coefficient (Wildman–Crippen LogP) is 4.56. The number of carboxylic acid groups (broad SMARTS) is 1. The Bertz CT molecular complexity index is 1640. The second-order valence-corrected chi connectivity index (χ2v) is 15.8. The zero-order chi connectivity index (χ0) is 34.8. The monoisotopic (exact) mass is 720 g/mol. The molecule has 3 fully saturated rings. The Morgan fingerprint density at radius 3 is 2.40 bits per heavy atom. The largest absolute Gasteiger partial charge is 0.479 e. The molecule has 0 aromatic carbocycles. The Hall–Kier alpha value is -4.04. The zero-order valence-electron chi connectivity index (χ0n) is 27.9. The van der Waals surface area contributed by atoms with Crippen LogP contribution >= 0.6 is 22.7 Å². The quantitative estimate of drug-likeness (QED) is 0.320. The third-order valence-electron chi connectivity index (χ3n) is 11.0. The van der Waals surface area contributed by atoms with Crippen molar-refractivity contribution in [3.63, 3.8) is 0 Å². The number of nitrogens with one attached hydrogen (secondary N) is 3. The number of carbonyl (C=O) groups excluding carboxylic acids is 4.